The van der Waals surface area contributed by atoms with Crippen LogP contribution in [0.4, 0.5) is 20.2 Å². The number of halogens is 2. The largest absolute Gasteiger partial charge is 0.454 e. The zero-order valence-electron chi connectivity index (χ0n) is 14.5. The van der Waals surface area contributed by atoms with Gasteiger partial charge >= 0.3 is 0 Å². The lowest BCUT2D eigenvalue weighted by Crippen LogP contribution is -2.43. The molecule has 2 aliphatic rings. The van der Waals surface area contributed by atoms with E-state index in [1.807, 2.05) is 6.07 Å². The number of benzene rings is 3. The van der Waals surface area contributed by atoms with Gasteiger partial charge in [-0.05, 0) is 42.0 Å². The molecule has 1 amide bonds. The fraction of sp³-hybridized carbons (Fsp3) is 0.0952. The summed E-state index contributed by atoms with van der Waals surface area (Å²) in [5.41, 5.74) is 2.07. The highest BCUT2D eigenvalue weighted by atomic mass is 19.2. The van der Waals surface area contributed by atoms with Crippen molar-refractivity contribution < 1.29 is 23.0 Å². The summed E-state index contributed by atoms with van der Waals surface area (Å²) >= 11 is 0. The average Bonchev–Trinajstić information content (AvgIpc) is 3.18. The minimum atomic E-state index is -1.02. The van der Waals surface area contributed by atoms with E-state index in [9.17, 15) is 13.6 Å². The standard InChI is InChI=1S/C21H14F2N2O3/c22-15-7-6-13(10-16(15)23)25-20(12-5-8-18-19(9-12)28-11-27-18)24-17-4-2-1-3-14(17)21(25)26/h1-10,20,24H,11H2. The van der Waals surface area contributed by atoms with Crippen LogP contribution in [0.3, 0.4) is 0 Å². The lowest BCUT2D eigenvalue weighted by Gasteiger charge is -2.38. The van der Waals surface area contributed by atoms with Gasteiger partial charge in [-0.1, -0.05) is 18.2 Å². The van der Waals surface area contributed by atoms with Crippen molar-refractivity contribution in [1.82, 2.24) is 0 Å². The van der Waals surface area contributed by atoms with Crippen molar-refractivity contribution in [2.75, 3.05) is 17.0 Å². The second-order valence-corrected chi connectivity index (χ2v) is 6.48. The number of para-hydroxylation sites is 1. The zero-order valence-corrected chi connectivity index (χ0v) is 14.5. The van der Waals surface area contributed by atoms with Crippen LogP contribution in [0, 0.1) is 11.6 Å². The van der Waals surface area contributed by atoms with E-state index in [1.165, 1.54) is 11.0 Å². The van der Waals surface area contributed by atoms with Gasteiger partial charge in [-0.2, -0.15) is 0 Å². The Morgan fingerprint density at radius 3 is 2.61 bits per heavy atom. The smallest absolute Gasteiger partial charge is 0.262 e. The molecule has 1 unspecified atom stereocenters. The second-order valence-electron chi connectivity index (χ2n) is 6.48. The van der Waals surface area contributed by atoms with Gasteiger partial charge in [-0.3, -0.25) is 9.69 Å². The van der Waals surface area contributed by atoms with Crippen molar-refractivity contribution in [2.24, 2.45) is 0 Å². The molecule has 5 rings (SSSR count). The van der Waals surface area contributed by atoms with Crippen LogP contribution in [0.1, 0.15) is 22.1 Å². The summed E-state index contributed by atoms with van der Waals surface area (Å²) in [6.45, 7) is 0.130. The molecule has 28 heavy (non-hydrogen) atoms. The van der Waals surface area contributed by atoms with Crippen molar-refractivity contribution in [3.63, 3.8) is 0 Å². The fourth-order valence-electron chi connectivity index (χ4n) is 3.47. The molecule has 3 aromatic rings. The van der Waals surface area contributed by atoms with Gasteiger partial charge in [0, 0.05) is 17.4 Å². The number of ether oxygens (including phenoxy) is 2. The minimum Gasteiger partial charge on any atom is -0.454 e. The Kier molecular flexibility index (Phi) is 3.68. The van der Waals surface area contributed by atoms with Crippen LogP contribution in [0.5, 0.6) is 11.5 Å². The Balaban J connectivity index is 1.65. The number of hydrogen-bond donors (Lipinski definition) is 1. The quantitative estimate of drug-likeness (QED) is 0.713. The van der Waals surface area contributed by atoms with E-state index < -0.39 is 17.8 Å². The molecule has 1 atom stereocenters. The molecule has 1 N–H and O–H groups in total. The van der Waals surface area contributed by atoms with Crippen LogP contribution in [0.15, 0.2) is 60.7 Å². The van der Waals surface area contributed by atoms with Crippen LogP contribution in [-0.4, -0.2) is 12.7 Å². The molecule has 7 heteroatoms. The van der Waals surface area contributed by atoms with Crippen LogP contribution in [0.25, 0.3) is 0 Å². The van der Waals surface area contributed by atoms with E-state index in [2.05, 4.69) is 5.32 Å². The van der Waals surface area contributed by atoms with E-state index in [4.69, 9.17) is 9.47 Å². The highest BCUT2D eigenvalue weighted by Crippen LogP contribution is 2.40. The summed E-state index contributed by atoms with van der Waals surface area (Å²) < 4.78 is 38.1. The average molecular weight is 380 g/mol. The normalized spacial score (nSPS) is 17.3. The van der Waals surface area contributed by atoms with Crippen molar-refractivity contribution >= 4 is 17.3 Å². The lowest BCUT2D eigenvalue weighted by molar-refractivity contribution is 0.0974. The van der Waals surface area contributed by atoms with Gasteiger partial charge < -0.3 is 14.8 Å². The predicted octanol–water partition coefficient (Wildman–Crippen LogP) is 4.46. The number of anilines is 2. The SMILES string of the molecule is O=C1c2ccccc2NC(c2ccc3c(c2)OCO3)N1c1ccc(F)c(F)c1. The van der Waals surface area contributed by atoms with Crippen LogP contribution < -0.4 is 19.7 Å². The minimum absolute atomic E-state index is 0.130. The molecule has 0 fully saturated rings. The molecule has 140 valence electrons. The maximum absolute atomic E-state index is 13.9. The van der Waals surface area contributed by atoms with Crippen molar-refractivity contribution in [1.29, 1.82) is 0 Å². The monoisotopic (exact) mass is 380 g/mol. The summed E-state index contributed by atoms with van der Waals surface area (Å²) in [5.74, 6) is -1.13. The second kappa shape index (κ2) is 6.23. The molecule has 2 aliphatic heterocycles. The first-order chi connectivity index (χ1) is 13.6. The third kappa shape index (κ3) is 2.55. The van der Waals surface area contributed by atoms with Gasteiger partial charge in [0.25, 0.3) is 5.91 Å². The molecule has 0 saturated carbocycles. The molecule has 5 nitrogen and oxygen atoms in total. The number of fused-ring (bicyclic) bond motifs is 2. The van der Waals surface area contributed by atoms with Gasteiger partial charge in [-0.15, -0.1) is 0 Å². The van der Waals surface area contributed by atoms with Crippen LogP contribution in [-0.2, 0) is 0 Å². The third-order valence-electron chi connectivity index (χ3n) is 4.82. The zero-order chi connectivity index (χ0) is 19.3. The Bertz CT molecular complexity index is 1100. The molecule has 0 aliphatic carbocycles. The van der Waals surface area contributed by atoms with E-state index in [0.29, 0.717) is 22.7 Å². The molecular formula is C21H14F2N2O3. The number of carbonyl (C=O) groups excluding carboxylic acids is 1. The summed E-state index contributed by atoms with van der Waals surface area (Å²) in [7, 11) is 0. The van der Waals surface area contributed by atoms with Crippen molar-refractivity contribution in [3.8, 4) is 11.5 Å². The molecule has 0 saturated heterocycles. The maximum atomic E-state index is 13.9. The predicted molar refractivity (Wildman–Crippen MR) is 98.5 cm³/mol. The molecular weight excluding hydrogens is 366 g/mol. The summed E-state index contributed by atoms with van der Waals surface area (Å²) in [6.07, 6.45) is -0.637. The molecule has 0 aromatic heterocycles. The van der Waals surface area contributed by atoms with Gasteiger partial charge in [0.15, 0.2) is 23.1 Å². The topological polar surface area (TPSA) is 50.8 Å². The van der Waals surface area contributed by atoms with E-state index in [-0.39, 0.29) is 18.4 Å². The first-order valence-electron chi connectivity index (χ1n) is 8.65. The summed E-state index contributed by atoms with van der Waals surface area (Å²) in [6, 6.07) is 15.8. The van der Waals surface area contributed by atoms with E-state index in [1.54, 1.807) is 36.4 Å². The van der Waals surface area contributed by atoms with Gasteiger partial charge in [0.2, 0.25) is 6.79 Å². The Hall–Kier alpha value is -3.61. The first-order valence-corrected chi connectivity index (χ1v) is 8.65. The van der Waals surface area contributed by atoms with Crippen molar-refractivity contribution in [2.45, 2.75) is 6.17 Å². The number of rotatable bonds is 2. The van der Waals surface area contributed by atoms with E-state index >= 15 is 0 Å². The summed E-state index contributed by atoms with van der Waals surface area (Å²) in [5, 5.41) is 3.31. The van der Waals surface area contributed by atoms with Crippen LogP contribution >= 0.6 is 0 Å². The fourth-order valence-corrected chi connectivity index (χ4v) is 3.47. The number of nitrogens with one attached hydrogen (secondary N) is 1. The van der Waals surface area contributed by atoms with Gasteiger partial charge in [-0.25, -0.2) is 8.78 Å². The summed E-state index contributed by atoms with van der Waals surface area (Å²) in [4.78, 5) is 14.6. The maximum Gasteiger partial charge on any atom is 0.262 e. The number of nitrogens with zero attached hydrogens (tertiary/aromatic N) is 1. The molecule has 0 bridgehead atoms. The molecule has 0 spiro atoms. The number of carbonyl (C=O) groups is 1. The van der Waals surface area contributed by atoms with Crippen LogP contribution in [0.2, 0.25) is 0 Å². The van der Waals surface area contributed by atoms with Gasteiger partial charge in [0.05, 0.1) is 5.56 Å². The highest BCUT2D eigenvalue weighted by molar-refractivity contribution is 6.12. The number of hydrogen-bond acceptors (Lipinski definition) is 4. The Morgan fingerprint density at radius 1 is 0.929 bits per heavy atom. The molecule has 3 aromatic carbocycles. The van der Waals surface area contributed by atoms with Crippen molar-refractivity contribution in [3.05, 3.63) is 83.4 Å². The van der Waals surface area contributed by atoms with Gasteiger partial charge in [0.1, 0.15) is 6.17 Å². The Labute approximate surface area is 159 Å². The first kappa shape index (κ1) is 16.6. The number of amides is 1. The van der Waals surface area contributed by atoms with E-state index in [0.717, 1.165) is 17.7 Å². The molecule has 2 heterocycles. The highest BCUT2D eigenvalue weighted by Gasteiger charge is 2.35. The molecule has 0 radical (unpaired) electrons. The lowest BCUT2D eigenvalue weighted by atomic mass is 10.0. The Morgan fingerprint density at radius 2 is 1.75 bits per heavy atom. The third-order valence-corrected chi connectivity index (χ3v) is 4.82.